The first kappa shape index (κ1) is 11.1. The molecule has 0 spiro atoms. The van der Waals surface area contributed by atoms with Crippen molar-refractivity contribution in [1.82, 2.24) is 20.1 Å². The summed E-state index contributed by atoms with van der Waals surface area (Å²) in [6, 6.07) is 1.93. The van der Waals surface area contributed by atoms with Gasteiger partial charge in [-0.3, -0.25) is 0 Å². The van der Waals surface area contributed by atoms with Gasteiger partial charge in [0.2, 0.25) is 0 Å². The highest BCUT2D eigenvalue weighted by atomic mass is 32.1. The number of thiophene rings is 1. The monoisotopic (exact) mass is 237 g/mol. The molecule has 2 heterocycles. The fourth-order valence-corrected chi connectivity index (χ4v) is 2.20. The Hall–Kier alpha value is -1.40. The van der Waals surface area contributed by atoms with E-state index in [1.807, 2.05) is 23.1 Å². The summed E-state index contributed by atoms with van der Waals surface area (Å²) < 4.78 is 1.93. The number of hydrogen-bond acceptors (Lipinski definition) is 5. The molecule has 2 rings (SSSR count). The molecule has 0 saturated heterocycles. The van der Waals surface area contributed by atoms with Crippen molar-refractivity contribution in [3.8, 4) is 0 Å². The van der Waals surface area contributed by atoms with Crippen LogP contribution in [0.4, 0.5) is 5.69 Å². The molecule has 0 unspecified atom stereocenters. The lowest BCUT2D eigenvalue weighted by atomic mass is 10.3. The zero-order valence-corrected chi connectivity index (χ0v) is 10.00. The van der Waals surface area contributed by atoms with Gasteiger partial charge in [-0.1, -0.05) is 0 Å². The Balaban J connectivity index is 1.74. The van der Waals surface area contributed by atoms with Crippen LogP contribution in [0.5, 0.6) is 0 Å². The zero-order valence-electron chi connectivity index (χ0n) is 9.18. The highest BCUT2D eigenvalue weighted by Gasteiger charge is 2.02. The fraction of sp³-hybridized carbons (Fsp3) is 0.400. The van der Waals surface area contributed by atoms with Crippen molar-refractivity contribution >= 4 is 17.0 Å². The lowest BCUT2D eigenvalue weighted by Gasteiger charge is -2.03. The van der Waals surface area contributed by atoms with E-state index in [9.17, 15) is 0 Å². The summed E-state index contributed by atoms with van der Waals surface area (Å²) in [5.41, 5.74) is 6.66. The molecular formula is C10H15N5S. The fourth-order valence-electron chi connectivity index (χ4n) is 1.43. The Labute approximate surface area is 98.3 Å². The van der Waals surface area contributed by atoms with Crippen molar-refractivity contribution < 1.29 is 0 Å². The van der Waals surface area contributed by atoms with Crippen LogP contribution in [0.1, 0.15) is 10.7 Å². The van der Waals surface area contributed by atoms with Gasteiger partial charge in [0, 0.05) is 37.1 Å². The zero-order chi connectivity index (χ0) is 11.4. The molecule has 0 saturated carbocycles. The Morgan fingerprint density at radius 1 is 1.56 bits per heavy atom. The summed E-state index contributed by atoms with van der Waals surface area (Å²) in [5, 5.41) is 13.2. The predicted octanol–water partition coefficient (Wildman–Crippen LogP) is 0.791. The van der Waals surface area contributed by atoms with Gasteiger partial charge < -0.3 is 15.6 Å². The summed E-state index contributed by atoms with van der Waals surface area (Å²) in [7, 11) is 1.95. The molecule has 5 nitrogen and oxygen atoms in total. The van der Waals surface area contributed by atoms with E-state index in [4.69, 9.17) is 5.73 Å². The molecule has 86 valence electrons. The first-order valence-corrected chi connectivity index (χ1v) is 6.01. The number of aromatic nitrogens is 3. The van der Waals surface area contributed by atoms with Crippen molar-refractivity contribution in [1.29, 1.82) is 0 Å². The molecule has 0 aliphatic carbocycles. The van der Waals surface area contributed by atoms with Gasteiger partial charge >= 0.3 is 0 Å². The highest BCUT2D eigenvalue weighted by molar-refractivity contribution is 7.10. The van der Waals surface area contributed by atoms with Gasteiger partial charge in [0.25, 0.3) is 0 Å². The van der Waals surface area contributed by atoms with E-state index in [1.165, 1.54) is 4.88 Å². The van der Waals surface area contributed by atoms with E-state index in [0.717, 1.165) is 31.0 Å². The second-order valence-electron chi connectivity index (χ2n) is 3.58. The maximum Gasteiger partial charge on any atom is 0.133 e. The smallest absolute Gasteiger partial charge is 0.133 e. The Bertz CT molecular complexity index is 405. The van der Waals surface area contributed by atoms with Gasteiger partial charge in [-0.15, -0.1) is 21.5 Å². The van der Waals surface area contributed by atoms with Crippen LogP contribution in [-0.4, -0.2) is 21.3 Å². The number of rotatable bonds is 5. The summed E-state index contributed by atoms with van der Waals surface area (Å²) in [4.78, 5) is 1.19. The van der Waals surface area contributed by atoms with Crippen molar-refractivity contribution in [2.75, 3.05) is 12.3 Å². The molecule has 0 atom stereocenters. The molecule has 0 radical (unpaired) electrons. The van der Waals surface area contributed by atoms with Gasteiger partial charge in [0.15, 0.2) is 0 Å². The second kappa shape index (κ2) is 5.09. The van der Waals surface area contributed by atoms with Crippen LogP contribution >= 0.6 is 11.3 Å². The Kier molecular flexibility index (Phi) is 3.53. The van der Waals surface area contributed by atoms with Crippen LogP contribution in [-0.2, 0) is 20.0 Å². The molecule has 0 aliphatic heterocycles. The summed E-state index contributed by atoms with van der Waals surface area (Å²) >= 11 is 1.68. The van der Waals surface area contributed by atoms with E-state index in [0.29, 0.717) is 0 Å². The number of hydrogen-bond donors (Lipinski definition) is 2. The van der Waals surface area contributed by atoms with E-state index < -0.39 is 0 Å². The Morgan fingerprint density at radius 2 is 2.44 bits per heavy atom. The lowest BCUT2D eigenvalue weighted by Crippen LogP contribution is -2.18. The summed E-state index contributed by atoms with van der Waals surface area (Å²) in [6.45, 7) is 1.70. The minimum absolute atomic E-state index is 0.821. The number of nitrogen functional groups attached to an aromatic ring is 1. The van der Waals surface area contributed by atoms with Crippen LogP contribution < -0.4 is 11.1 Å². The van der Waals surface area contributed by atoms with Gasteiger partial charge in [-0.25, -0.2) is 0 Å². The SMILES string of the molecule is Cn1cnnc1CCNCc1sccc1N. The van der Waals surface area contributed by atoms with Crippen LogP contribution in [0, 0.1) is 0 Å². The predicted molar refractivity (Wildman–Crippen MR) is 65.1 cm³/mol. The molecule has 6 heteroatoms. The number of anilines is 1. The third kappa shape index (κ3) is 2.59. The van der Waals surface area contributed by atoms with Crippen molar-refractivity contribution in [3.63, 3.8) is 0 Å². The molecule has 2 aromatic heterocycles. The first-order chi connectivity index (χ1) is 7.77. The standard InChI is InChI=1S/C10H15N5S/c1-15-7-13-14-10(15)2-4-12-6-9-8(11)3-5-16-9/h3,5,7,12H,2,4,6,11H2,1H3. The number of nitrogens with zero attached hydrogens (tertiary/aromatic N) is 3. The van der Waals surface area contributed by atoms with Crippen LogP contribution in [0.2, 0.25) is 0 Å². The van der Waals surface area contributed by atoms with E-state index in [-0.39, 0.29) is 0 Å². The second-order valence-corrected chi connectivity index (χ2v) is 4.58. The Morgan fingerprint density at radius 3 is 3.06 bits per heavy atom. The van der Waals surface area contributed by atoms with Crippen LogP contribution in [0.25, 0.3) is 0 Å². The summed E-state index contributed by atoms with van der Waals surface area (Å²) in [6.07, 6.45) is 2.59. The van der Waals surface area contributed by atoms with Crippen molar-refractivity contribution in [3.05, 3.63) is 28.5 Å². The number of nitrogens with two attached hydrogens (primary N) is 1. The maximum absolute atomic E-state index is 5.79. The lowest BCUT2D eigenvalue weighted by molar-refractivity contribution is 0.659. The molecule has 0 aromatic carbocycles. The van der Waals surface area contributed by atoms with Crippen molar-refractivity contribution in [2.24, 2.45) is 7.05 Å². The third-order valence-corrected chi connectivity index (χ3v) is 3.33. The molecular weight excluding hydrogens is 222 g/mol. The molecule has 0 aliphatic rings. The van der Waals surface area contributed by atoms with E-state index in [1.54, 1.807) is 17.7 Å². The summed E-state index contributed by atoms with van der Waals surface area (Å²) in [5.74, 6) is 0.992. The molecule has 0 bridgehead atoms. The van der Waals surface area contributed by atoms with Crippen LogP contribution in [0.3, 0.4) is 0 Å². The highest BCUT2D eigenvalue weighted by Crippen LogP contribution is 2.17. The average molecular weight is 237 g/mol. The van der Waals surface area contributed by atoms with Crippen LogP contribution in [0.15, 0.2) is 17.8 Å². The molecule has 0 amide bonds. The van der Waals surface area contributed by atoms with Gasteiger partial charge in [0.05, 0.1) is 0 Å². The van der Waals surface area contributed by atoms with Gasteiger partial charge in [0.1, 0.15) is 12.2 Å². The largest absolute Gasteiger partial charge is 0.398 e. The van der Waals surface area contributed by atoms with E-state index >= 15 is 0 Å². The molecule has 16 heavy (non-hydrogen) atoms. The van der Waals surface area contributed by atoms with Crippen molar-refractivity contribution in [2.45, 2.75) is 13.0 Å². The molecule has 0 fully saturated rings. The average Bonchev–Trinajstić information content (AvgIpc) is 2.84. The van der Waals surface area contributed by atoms with E-state index in [2.05, 4.69) is 15.5 Å². The number of aryl methyl sites for hydroxylation is 1. The minimum Gasteiger partial charge on any atom is -0.398 e. The normalized spacial score (nSPS) is 10.8. The van der Waals surface area contributed by atoms with Gasteiger partial charge in [-0.05, 0) is 11.4 Å². The minimum atomic E-state index is 0.821. The quantitative estimate of drug-likeness (QED) is 0.754. The van der Waals surface area contributed by atoms with Gasteiger partial charge in [-0.2, -0.15) is 0 Å². The third-order valence-electron chi connectivity index (χ3n) is 2.40. The molecule has 2 aromatic rings. The topological polar surface area (TPSA) is 68.8 Å². The number of nitrogens with one attached hydrogen (secondary N) is 1. The molecule has 3 N–H and O–H groups in total. The maximum atomic E-state index is 5.79. The first-order valence-electron chi connectivity index (χ1n) is 5.13.